The fourth-order valence-corrected chi connectivity index (χ4v) is 3.22. The van der Waals surface area contributed by atoms with Gasteiger partial charge < -0.3 is 5.32 Å². The van der Waals surface area contributed by atoms with E-state index in [1.54, 1.807) is 0 Å². The Hall–Kier alpha value is -2.08. The molecule has 0 radical (unpaired) electrons. The Morgan fingerprint density at radius 2 is 2.04 bits per heavy atom. The van der Waals surface area contributed by atoms with E-state index in [9.17, 15) is 4.79 Å². The number of amides is 1. The predicted molar refractivity (Wildman–Crippen MR) is 92.9 cm³/mol. The topological polar surface area (TPSA) is 70.7 Å². The van der Waals surface area contributed by atoms with Crippen LogP contribution in [0.5, 0.6) is 0 Å². The van der Waals surface area contributed by atoms with Crippen LogP contribution in [-0.2, 0) is 4.79 Å². The number of nitrogens with zero attached hydrogens (tertiary/aromatic N) is 2. The summed E-state index contributed by atoms with van der Waals surface area (Å²) >= 11 is 1.35. The lowest BCUT2D eigenvalue weighted by atomic mass is 10.2. The van der Waals surface area contributed by atoms with Crippen molar-refractivity contribution in [3.63, 3.8) is 0 Å². The van der Waals surface area contributed by atoms with Crippen LogP contribution in [-0.4, -0.2) is 32.9 Å². The van der Waals surface area contributed by atoms with Crippen molar-refractivity contribution in [3.05, 3.63) is 41.7 Å². The minimum absolute atomic E-state index is 0.0630. The summed E-state index contributed by atoms with van der Waals surface area (Å²) < 4.78 is 0. The zero-order valence-electron chi connectivity index (χ0n) is 12.9. The summed E-state index contributed by atoms with van der Waals surface area (Å²) in [7, 11) is 0. The molecule has 0 bridgehead atoms. The molecule has 23 heavy (non-hydrogen) atoms. The van der Waals surface area contributed by atoms with Crippen LogP contribution in [0.1, 0.15) is 37.1 Å². The van der Waals surface area contributed by atoms with Gasteiger partial charge >= 0.3 is 0 Å². The van der Waals surface area contributed by atoms with E-state index in [1.807, 2.05) is 42.5 Å². The van der Waals surface area contributed by atoms with E-state index in [4.69, 9.17) is 0 Å². The standard InChI is InChI=1S/C17H20N4OS/c22-16(18-14-8-4-5-9-14)12-23-17-19-15(20-21-17)11-10-13-6-2-1-3-7-13/h1-3,6-7,10-11,14H,4-5,8-9,12H2,(H,18,22)(H,19,20,21)/b11-10+. The highest BCUT2D eigenvalue weighted by atomic mass is 32.2. The van der Waals surface area contributed by atoms with Crippen LogP contribution >= 0.6 is 11.8 Å². The molecule has 0 spiro atoms. The highest BCUT2D eigenvalue weighted by Crippen LogP contribution is 2.18. The number of hydrogen-bond acceptors (Lipinski definition) is 4. The number of carbonyl (C=O) groups is 1. The van der Waals surface area contributed by atoms with E-state index in [0.717, 1.165) is 18.4 Å². The Labute approximate surface area is 140 Å². The van der Waals surface area contributed by atoms with E-state index >= 15 is 0 Å². The lowest BCUT2D eigenvalue weighted by Crippen LogP contribution is -2.33. The summed E-state index contributed by atoms with van der Waals surface area (Å²) in [5, 5.41) is 10.7. The first-order chi connectivity index (χ1) is 11.3. The molecule has 0 saturated heterocycles. The lowest BCUT2D eigenvalue weighted by molar-refractivity contribution is -0.119. The molecule has 120 valence electrons. The highest BCUT2D eigenvalue weighted by Gasteiger charge is 2.17. The zero-order chi connectivity index (χ0) is 15.9. The molecule has 1 aromatic heterocycles. The van der Waals surface area contributed by atoms with Gasteiger partial charge in [-0.05, 0) is 24.5 Å². The van der Waals surface area contributed by atoms with Gasteiger partial charge in [0.15, 0.2) is 0 Å². The van der Waals surface area contributed by atoms with Crippen LogP contribution in [0.4, 0.5) is 0 Å². The monoisotopic (exact) mass is 328 g/mol. The Morgan fingerprint density at radius 3 is 2.83 bits per heavy atom. The predicted octanol–water partition coefficient (Wildman–Crippen LogP) is 3.13. The number of hydrogen-bond donors (Lipinski definition) is 2. The molecule has 3 rings (SSSR count). The largest absolute Gasteiger partial charge is 0.353 e. The Morgan fingerprint density at radius 1 is 1.26 bits per heavy atom. The van der Waals surface area contributed by atoms with Crippen LogP contribution in [0.25, 0.3) is 12.2 Å². The zero-order valence-corrected chi connectivity index (χ0v) is 13.7. The summed E-state index contributed by atoms with van der Waals surface area (Å²) in [6, 6.07) is 10.4. The summed E-state index contributed by atoms with van der Waals surface area (Å²) in [4.78, 5) is 16.2. The number of carbonyl (C=O) groups excluding carboxylic acids is 1. The minimum Gasteiger partial charge on any atom is -0.353 e. The van der Waals surface area contributed by atoms with E-state index in [2.05, 4.69) is 20.5 Å². The maximum atomic E-state index is 11.9. The van der Waals surface area contributed by atoms with Crippen molar-refractivity contribution < 1.29 is 4.79 Å². The molecule has 0 aliphatic heterocycles. The number of benzene rings is 1. The normalized spacial score (nSPS) is 15.3. The third kappa shape index (κ3) is 4.96. The van der Waals surface area contributed by atoms with Gasteiger partial charge in [0, 0.05) is 6.04 Å². The lowest BCUT2D eigenvalue weighted by Gasteiger charge is -2.10. The number of H-pyrrole nitrogens is 1. The second kappa shape index (κ2) is 7.97. The first-order valence-corrected chi connectivity index (χ1v) is 8.86. The molecule has 1 aliphatic rings. The molecule has 1 fully saturated rings. The molecule has 1 aromatic carbocycles. The number of aromatic nitrogens is 3. The average molecular weight is 328 g/mol. The number of thioether (sulfide) groups is 1. The van der Waals surface area contributed by atoms with Crippen LogP contribution in [0.2, 0.25) is 0 Å². The van der Waals surface area contributed by atoms with E-state index in [1.165, 1.54) is 24.6 Å². The SMILES string of the molecule is O=C(CSc1n[nH]c(/C=C/c2ccccc2)n1)NC1CCCC1. The molecular weight excluding hydrogens is 308 g/mol. The van der Waals surface area contributed by atoms with E-state index in [0.29, 0.717) is 22.8 Å². The van der Waals surface area contributed by atoms with Crippen molar-refractivity contribution in [1.82, 2.24) is 20.5 Å². The molecule has 2 N–H and O–H groups in total. The van der Waals surface area contributed by atoms with Crippen molar-refractivity contribution in [2.75, 3.05) is 5.75 Å². The second-order valence-electron chi connectivity index (χ2n) is 5.58. The van der Waals surface area contributed by atoms with E-state index in [-0.39, 0.29) is 5.91 Å². The van der Waals surface area contributed by atoms with Gasteiger partial charge in [-0.3, -0.25) is 9.89 Å². The van der Waals surface area contributed by atoms with Gasteiger partial charge in [0.25, 0.3) is 0 Å². The quantitative estimate of drug-likeness (QED) is 0.799. The van der Waals surface area contributed by atoms with Gasteiger partial charge in [0.2, 0.25) is 11.1 Å². The fraction of sp³-hybridized carbons (Fsp3) is 0.353. The fourth-order valence-electron chi connectivity index (χ4n) is 2.61. The minimum atomic E-state index is 0.0630. The summed E-state index contributed by atoms with van der Waals surface area (Å²) in [6.07, 6.45) is 8.50. The smallest absolute Gasteiger partial charge is 0.230 e. The molecule has 5 nitrogen and oxygen atoms in total. The third-order valence-corrected chi connectivity index (χ3v) is 4.62. The van der Waals surface area contributed by atoms with Crippen molar-refractivity contribution in [2.24, 2.45) is 0 Å². The highest BCUT2D eigenvalue weighted by molar-refractivity contribution is 7.99. The maximum Gasteiger partial charge on any atom is 0.230 e. The first-order valence-electron chi connectivity index (χ1n) is 7.87. The number of rotatable bonds is 6. The van der Waals surface area contributed by atoms with Crippen LogP contribution in [0.3, 0.4) is 0 Å². The maximum absolute atomic E-state index is 11.9. The van der Waals surface area contributed by atoms with Gasteiger partial charge in [0.1, 0.15) is 5.82 Å². The molecule has 1 amide bonds. The first kappa shape index (κ1) is 15.8. The van der Waals surface area contributed by atoms with Gasteiger partial charge in [-0.25, -0.2) is 4.98 Å². The summed E-state index contributed by atoms with van der Waals surface area (Å²) in [5.74, 6) is 1.11. The van der Waals surface area contributed by atoms with Crippen molar-refractivity contribution >= 4 is 29.8 Å². The molecule has 0 atom stereocenters. The number of nitrogens with one attached hydrogen (secondary N) is 2. The van der Waals surface area contributed by atoms with Crippen LogP contribution < -0.4 is 5.32 Å². The average Bonchev–Trinajstić information content (AvgIpc) is 3.24. The van der Waals surface area contributed by atoms with Crippen molar-refractivity contribution in [3.8, 4) is 0 Å². The van der Waals surface area contributed by atoms with Gasteiger partial charge in [-0.2, -0.15) is 0 Å². The van der Waals surface area contributed by atoms with Crippen LogP contribution in [0, 0.1) is 0 Å². The molecule has 0 unspecified atom stereocenters. The summed E-state index contributed by atoms with van der Waals surface area (Å²) in [6.45, 7) is 0. The molecule has 1 saturated carbocycles. The van der Waals surface area contributed by atoms with Crippen molar-refractivity contribution in [2.45, 2.75) is 36.9 Å². The van der Waals surface area contributed by atoms with Crippen LogP contribution in [0.15, 0.2) is 35.5 Å². The number of aromatic amines is 1. The second-order valence-corrected chi connectivity index (χ2v) is 6.53. The van der Waals surface area contributed by atoms with Gasteiger partial charge in [-0.1, -0.05) is 61.0 Å². The molecular formula is C17H20N4OS. The molecule has 1 aliphatic carbocycles. The van der Waals surface area contributed by atoms with Gasteiger partial charge in [0.05, 0.1) is 5.75 Å². The Balaban J connectivity index is 1.47. The third-order valence-electron chi connectivity index (χ3n) is 3.77. The van der Waals surface area contributed by atoms with Gasteiger partial charge in [-0.15, -0.1) is 5.10 Å². The Bertz CT molecular complexity index is 662. The summed E-state index contributed by atoms with van der Waals surface area (Å²) in [5.41, 5.74) is 1.11. The molecule has 2 aromatic rings. The van der Waals surface area contributed by atoms with E-state index < -0.39 is 0 Å². The molecule has 1 heterocycles. The van der Waals surface area contributed by atoms with Crippen molar-refractivity contribution in [1.29, 1.82) is 0 Å². The molecule has 6 heteroatoms. The Kier molecular flexibility index (Phi) is 5.47.